The van der Waals surface area contributed by atoms with Gasteiger partial charge < -0.3 is 29.5 Å². The number of piperidine rings is 1. The molecule has 0 bridgehead atoms. The quantitative estimate of drug-likeness (QED) is 0.422. The van der Waals surface area contributed by atoms with Crippen LogP contribution in [0, 0.1) is 12.8 Å². The third-order valence-corrected chi connectivity index (χ3v) is 6.32. The van der Waals surface area contributed by atoms with Gasteiger partial charge in [-0.05, 0) is 76.1 Å². The average molecular weight is 567 g/mol. The summed E-state index contributed by atoms with van der Waals surface area (Å²) < 4.78 is 16.6. The minimum absolute atomic E-state index is 0.0525. The normalized spacial score (nSPS) is 17.5. The summed E-state index contributed by atoms with van der Waals surface area (Å²) in [5, 5.41) is 13.3. The Morgan fingerprint density at radius 2 is 1.66 bits per heavy atom. The summed E-state index contributed by atoms with van der Waals surface area (Å²) >= 11 is 12.3. The van der Waals surface area contributed by atoms with E-state index in [1.165, 1.54) is 4.90 Å². The van der Waals surface area contributed by atoms with Crippen molar-refractivity contribution in [3.05, 3.63) is 57.6 Å². The third kappa shape index (κ3) is 8.16. The Balaban J connectivity index is 1.51. The molecule has 1 fully saturated rings. The molecule has 2 atom stereocenters. The van der Waals surface area contributed by atoms with Crippen LogP contribution in [0.25, 0.3) is 0 Å². The fourth-order valence-corrected chi connectivity index (χ4v) is 4.65. The molecule has 2 N–H and O–H groups in total. The van der Waals surface area contributed by atoms with E-state index in [2.05, 4.69) is 5.32 Å². The standard InChI is InChI=1S/C27H32Cl2N2O7/c1-16-13-20(28)23(21(29)14-16)37-12-11-36-18-7-5-17(6-8-18)24(32)30-22-9-10-31(15-19(22)25(33)34)26(35)38-27(2,3)4/h5-8,13-14,19,22H,9-12,15H2,1-4H3,(H,30,32)(H,33,34). The van der Waals surface area contributed by atoms with E-state index in [4.69, 9.17) is 37.4 Å². The van der Waals surface area contributed by atoms with E-state index in [0.717, 1.165) is 5.56 Å². The second-order valence-corrected chi connectivity index (χ2v) is 10.8. The number of halogens is 2. The highest BCUT2D eigenvalue weighted by molar-refractivity contribution is 6.37. The number of likely N-dealkylation sites (tertiary alicyclic amines) is 1. The first-order chi connectivity index (χ1) is 17.8. The Labute approximate surface area is 231 Å². The van der Waals surface area contributed by atoms with Gasteiger partial charge in [-0.1, -0.05) is 23.2 Å². The van der Waals surface area contributed by atoms with Crippen LogP contribution in [0.15, 0.2) is 36.4 Å². The van der Waals surface area contributed by atoms with Gasteiger partial charge >= 0.3 is 12.1 Å². The number of carboxylic acid groups (broad SMARTS) is 1. The van der Waals surface area contributed by atoms with Crippen LogP contribution in [0.3, 0.4) is 0 Å². The molecule has 2 aromatic carbocycles. The molecular formula is C27H32Cl2N2O7. The molecule has 0 saturated carbocycles. The average Bonchev–Trinajstić information content (AvgIpc) is 2.82. The van der Waals surface area contributed by atoms with Gasteiger partial charge in [0, 0.05) is 24.7 Å². The van der Waals surface area contributed by atoms with Gasteiger partial charge in [-0.15, -0.1) is 0 Å². The maximum atomic E-state index is 12.8. The molecule has 0 aromatic heterocycles. The summed E-state index contributed by atoms with van der Waals surface area (Å²) in [5.41, 5.74) is 0.592. The van der Waals surface area contributed by atoms with Gasteiger partial charge in [-0.2, -0.15) is 0 Å². The van der Waals surface area contributed by atoms with Gasteiger partial charge in [0.05, 0.1) is 16.0 Å². The Hall–Kier alpha value is -3.17. The van der Waals surface area contributed by atoms with Crippen LogP contribution in [0.2, 0.25) is 10.0 Å². The summed E-state index contributed by atoms with van der Waals surface area (Å²) in [6, 6.07) is 9.34. The molecule has 2 amide bonds. The van der Waals surface area contributed by atoms with Gasteiger partial charge in [0.2, 0.25) is 0 Å². The van der Waals surface area contributed by atoms with Crippen LogP contribution in [0.5, 0.6) is 11.5 Å². The highest BCUT2D eigenvalue weighted by Crippen LogP contribution is 2.34. The lowest BCUT2D eigenvalue weighted by Crippen LogP contribution is -2.55. The Morgan fingerprint density at radius 3 is 2.24 bits per heavy atom. The molecule has 38 heavy (non-hydrogen) atoms. The van der Waals surface area contributed by atoms with Crippen molar-refractivity contribution in [2.24, 2.45) is 5.92 Å². The molecule has 0 spiro atoms. The first-order valence-corrected chi connectivity index (χ1v) is 12.9. The minimum atomic E-state index is -1.09. The molecule has 0 aliphatic carbocycles. The number of rotatable bonds is 8. The van der Waals surface area contributed by atoms with E-state index >= 15 is 0 Å². The molecule has 9 nitrogen and oxygen atoms in total. The fourth-order valence-electron chi connectivity index (χ4n) is 3.95. The van der Waals surface area contributed by atoms with Crippen molar-refractivity contribution in [3.63, 3.8) is 0 Å². The number of carboxylic acids is 1. The van der Waals surface area contributed by atoms with Crippen molar-refractivity contribution in [2.75, 3.05) is 26.3 Å². The number of aryl methyl sites for hydroxylation is 1. The molecule has 2 aromatic rings. The second-order valence-electron chi connectivity index (χ2n) is 10.0. The van der Waals surface area contributed by atoms with E-state index < -0.39 is 35.5 Å². The maximum Gasteiger partial charge on any atom is 0.410 e. The van der Waals surface area contributed by atoms with Crippen LogP contribution in [0.1, 0.15) is 43.1 Å². The number of carbonyl (C=O) groups excluding carboxylic acids is 2. The lowest BCUT2D eigenvalue weighted by Gasteiger charge is -2.37. The van der Waals surface area contributed by atoms with Crippen LogP contribution < -0.4 is 14.8 Å². The number of aliphatic carboxylic acids is 1. The largest absolute Gasteiger partial charge is 0.490 e. The van der Waals surface area contributed by atoms with Crippen LogP contribution in [0.4, 0.5) is 4.79 Å². The summed E-state index contributed by atoms with van der Waals surface area (Å²) in [6.45, 7) is 7.77. The summed E-state index contributed by atoms with van der Waals surface area (Å²) in [6.07, 6.45) is -0.280. The molecule has 0 radical (unpaired) electrons. The predicted molar refractivity (Wildman–Crippen MR) is 143 cm³/mol. The van der Waals surface area contributed by atoms with Gasteiger partial charge in [0.1, 0.15) is 24.6 Å². The van der Waals surface area contributed by atoms with Crippen LogP contribution in [-0.2, 0) is 9.53 Å². The summed E-state index contributed by atoms with van der Waals surface area (Å²) in [5.74, 6) is -1.54. The van der Waals surface area contributed by atoms with E-state index in [-0.39, 0.29) is 32.7 Å². The van der Waals surface area contributed by atoms with Gasteiger partial charge in [-0.3, -0.25) is 9.59 Å². The fraction of sp³-hybridized carbons (Fsp3) is 0.444. The van der Waals surface area contributed by atoms with E-state index in [0.29, 0.717) is 27.1 Å². The van der Waals surface area contributed by atoms with Crippen molar-refractivity contribution >= 4 is 41.2 Å². The van der Waals surface area contributed by atoms with Crippen molar-refractivity contribution < 1.29 is 33.7 Å². The van der Waals surface area contributed by atoms with E-state index in [9.17, 15) is 19.5 Å². The number of nitrogens with one attached hydrogen (secondary N) is 1. The number of hydrogen-bond donors (Lipinski definition) is 2. The zero-order chi connectivity index (χ0) is 28.0. The van der Waals surface area contributed by atoms with E-state index in [1.54, 1.807) is 57.2 Å². The molecule has 1 aliphatic heterocycles. The number of ether oxygens (including phenoxy) is 3. The molecule has 2 unspecified atom stereocenters. The van der Waals surface area contributed by atoms with Gasteiger partial charge in [0.15, 0.2) is 5.75 Å². The topological polar surface area (TPSA) is 114 Å². The SMILES string of the molecule is Cc1cc(Cl)c(OCCOc2ccc(C(=O)NC3CCN(C(=O)OC(C)(C)C)CC3C(=O)O)cc2)c(Cl)c1. The number of benzene rings is 2. The van der Waals surface area contributed by atoms with Crippen molar-refractivity contribution in [3.8, 4) is 11.5 Å². The summed E-state index contributed by atoms with van der Waals surface area (Å²) in [7, 11) is 0. The van der Waals surface area contributed by atoms with Crippen molar-refractivity contribution in [1.29, 1.82) is 0 Å². The van der Waals surface area contributed by atoms with Gasteiger partial charge in [-0.25, -0.2) is 4.79 Å². The number of amides is 2. The maximum absolute atomic E-state index is 12.8. The predicted octanol–water partition coefficient (Wildman–Crippen LogP) is 5.20. The lowest BCUT2D eigenvalue weighted by atomic mass is 9.92. The molecule has 11 heteroatoms. The van der Waals surface area contributed by atoms with Crippen molar-refractivity contribution in [2.45, 2.75) is 45.8 Å². The highest BCUT2D eigenvalue weighted by atomic mass is 35.5. The van der Waals surface area contributed by atoms with E-state index in [1.807, 2.05) is 6.92 Å². The smallest absolute Gasteiger partial charge is 0.410 e. The molecule has 3 rings (SSSR count). The number of nitrogens with zero attached hydrogens (tertiary/aromatic N) is 1. The first-order valence-electron chi connectivity index (χ1n) is 12.2. The molecule has 1 aliphatic rings. The third-order valence-electron chi connectivity index (χ3n) is 5.76. The highest BCUT2D eigenvalue weighted by Gasteiger charge is 2.38. The first kappa shape index (κ1) is 29.4. The monoisotopic (exact) mass is 566 g/mol. The number of carbonyl (C=O) groups is 3. The van der Waals surface area contributed by atoms with Crippen molar-refractivity contribution in [1.82, 2.24) is 10.2 Å². The Bertz CT molecular complexity index is 1140. The van der Waals surface area contributed by atoms with Crippen LogP contribution in [-0.4, -0.2) is 65.9 Å². The van der Waals surface area contributed by atoms with Crippen LogP contribution >= 0.6 is 23.2 Å². The molecular weight excluding hydrogens is 535 g/mol. The second kappa shape index (κ2) is 12.6. The minimum Gasteiger partial charge on any atom is -0.490 e. The molecule has 1 saturated heterocycles. The molecule has 1 heterocycles. The van der Waals surface area contributed by atoms with Gasteiger partial charge in [0.25, 0.3) is 5.91 Å². The zero-order valence-electron chi connectivity index (χ0n) is 21.8. The Kier molecular flexibility index (Phi) is 9.73. The number of hydrogen-bond acceptors (Lipinski definition) is 6. The molecule has 206 valence electrons. The summed E-state index contributed by atoms with van der Waals surface area (Å²) in [4.78, 5) is 38.4. The zero-order valence-corrected chi connectivity index (χ0v) is 23.3. The lowest BCUT2D eigenvalue weighted by molar-refractivity contribution is -0.144. The Morgan fingerprint density at radius 1 is 1.05 bits per heavy atom.